The van der Waals surface area contributed by atoms with Gasteiger partial charge in [-0.05, 0) is 41.5 Å². The highest BCUT2D eigenvalue weighted by Crippen LogP contribution is 2.39. The molecule has 5 rings (SSSR count). The summed E-state index contributed by atoms with van der Waals surface area (Å²) in [5, 5.41) is 0. The van der Waals surface area contributed by atoms with Crippen molar-refractivity contribution in [3.63, 3.8) is 0 Å². The molecule has 0 spiro atoms. The van der Waals surface area contributed by atoms with Gasteiger partial charge in [0.05, 0.1) is 0 Å². The standard InChI is InChI=1S/C12H12N2O2.C9H10/c13-10(15)6-11-14-12-8-4-2-1-3-7(8)5-9(12)16-11;1-2-5-9-7-3-6-8(9)4-1/h1-4,9,12H,5-6H2,(H2,13,15);1-2,4-5H,3,6-7H2. The van der Waals surface area contributed by atoms with Crippen molar-refractivity contribution in [3.8, 4) is 0 Å². The highest BCUT2D eigenvalue weighted by Gasteiger charge is 2.39. The Labute approximate surface area is 147 Å². The Bertz CT molecular complexity index is 805. The van der Waals surface area contributed by atoms with Gasteiger partial charge in [0, 0.05) is 6.42 Å². The lowest BCUT2D eigenvalue weighted by atomic mass is 10.1. The van der Waals surface area contributed by atoms with Crippen LogP contribution in [0.4, 0.5) is 0 Å². The van der Waals surface area contributed by atoms with Crippen LogP contribution in [-0.4, -0.2) is 17.9 Å². The molecule has 0 radical (unpaired) electrons. The average molecular weight is 334 g/mol. The smallest absolute Gasteiger partial charge is 0.226 e. The van der Waals surface area contributed by atoms with Crippen LogP contribution in [0, 0.1) is 0 Å². The van der Waals surface area contributed by atoms with Crippen LogP contribution in [0.3, 0.4) is 0 Å². The fourth-order valence-electron chi connectivity index (χ4n) is 3.91. The minimum absolute atomic E-state index is 0.0607. The first-order valence-corrected chi connectivity index (χ1v) is 8.87. The number of benzene rings is 2. The highest BCUT2D eigenvalue weighted by molar-refractivity contribution is 5.97. The monoisotopic (exact) mass is 334 g/mol. The molecule has 25 heavy (non-hydrogen) atoms. The van der Waals surface area contributed by atoms with Crippen LogP contribution in [0.25, 0.3) is 0 Å². The molecule has 4 heteroatoms. The molecule has 2 aliphatic carbocycles. The first-order chi connectivity index (χ1) is 12.2. The minimum Gasteiger partial charge on any atom is -0.474 e. The van der Waals surface area contributed by atoms with Gasteiger partial charge in [0.15, 0.2) is 5.90 Å². The first kappa shape index (κ1) is 15.9. The number of ether oxygens (including phenoxy) is 1. The van der Waals surface area contributed by atoms with Crippen LogP contribution in [0.5, 0.6) is 0 Å². The Morgan fingerprint density at radius 1 is 1.04 bits per heavy atom. The molecule has 0 aromatic heterocycles. The molecule has 2 atom stereocenters. The van der Waals surface area contributed by atoms with E-state index in [1.54, 1.807) is 11.1 Å². The zero-order valence-electron chi connectivity index (χ0n) is 14.2. The second-order valence-corrected chi connectivity index (χ2v) is 6.79. The minimum atomic E-state index is -0.396. The van der Waals surface area contributed by atoms with Crippen LogP contribution in [-0.2, 0) is 28.8 Å². The number of carbonyl (C=O) groups excluding carboxylic acids is 1. The molecule has 2 aromatic carbocycles. The third kappa shape index (κ3) is 3.29. The van der Waals surface area contributed by atoms with Gasteiger partial charge >= 0.3 is 0 Å². The lowest BCUT2D eigenvalue weighted by molar-refractivity contribution is -0.117. The van der Waals surface area contributed by atoms with Gasteiger partial charge in [-0.3, -0.25) is 4.79 Å². The van der Waals surface area contributed by atoms with Crippen molar-refractivity contribution in [2.24, 2.45) is 10.7 Å². The maximum atomic E-state index is 10.8. The van der Waals surface area contributed by atoms with Crippen LogP contribution in [0.1, 0.15) is 41.1 Å². The van der Waals surface area contributed by atoms with Gasteiger partial charge in [-0.15, -0.1) is 0 Å². The molecule has 2 aromatic rings. The van der Waals surface area contributed by atoms with Gasteiger partial charge in [-0.1, -0.05) is 48.5 Å². The van der Waals surface area contributed by atoms with E-state index in [-0.39, 0.29) is 18.6 Å². The van der Waals surface area contributed by atoms with E-state index in [0.717, 1.165) is 6.42 Å². The van der Waals surface area contributed by atoms with Gasteiger partial charge < -0.3 is 10.5 Å². The van der Waals surface area contributed by atoms with Gasteiger partial charge in [-0.25, -0.2) is 4.99 Å². The molecule has 0 fully saturated rings. The predicted molar refractivity (Wildman–Crippen MR) is 97.5 cm³/mol. The zero-order valence-corrected chi connectivity index (χ0v) is 14.2. The van der Waals surface area contributed by atoms with Crippen molar-refractivity contribution < 1.29 is 9.53 Å². The molecule has 4 nitrogen and oxygen atoms in total. The predicted octanol–water partition coefficient (Wildman–Crippen LogP) is 3.13. The lowest BCUT2D eigenvalue weighted by Gasteiger charge is -2.07. The Morgan fingerprint density at radius 3 is 2.36 bits per heavy atom. The molecule has 1 heterocycles. The molecular weight excluding hydrogens is 312 g/mol. The zero-order chi connectivity index (χ0) is 17.2. The maximum absolute atomic E-state index is 10.8. The third-order valence-corrected chi connectivity index (χ3v) is 5.05. The number of fused-ring (bicyclic) bond motifs is 4. The van der Waals surface area contributed by atoms with Crippen molar-refractivity contribution in [2.75, 3.05) is 0 Å². The van der Waals surface area contributed by atoms with E-state index in [4.69, 9.17) is 10.5 Å². The van der Waals surface area contributed by atoms with Gasteiger partial charge in [0.25, 0.3) is 0 Å². The van der Waals surface area contributed by atoms with Crippen LogP contribution < -0.4 is 5.73 Å². The summed E-state index contributed by atoms with van der Waals surface area (Å²) in [7, 11) is 0. The molecule has 128 valence electrons. The summed E-state index contributed by atoms with van der Waals surface area (Å²) in [4.78, 5) is 15.2. The second kappa shape index (κ2) is 6.71. The molecule has 0 saturated heterocycles. The average Bonchev–Trinajstić information content (AvgIpc) is 3.28. The molecule has 2 N–H and O–H groups in total. The number of nitrogens with two attached hydrogens (primary N) is 1. The second-order valence-electron chi connectivity index (χ2n) is 6.79. The summed E-state index contributed by atoms with van der Waals surface area (Å²) < 4.78 is 5.63. The van der Waals surface area contributed by atoms with E-state index >= 15 is 0 Å². The number of carbonyl (C=O) groups is 1. The fourth-order valence-corrected chi connectivity index (χ4v) is 3.91. The van der Waals surface area contributed by atoms with E-state index in [1.165, 1.54) is 30.4 Å². The van der Waals surface area contributed by atoms with E-state index in [0.29, 0.717) is 5.90 Å². The quantitative estimate of drug-likeness (QED) is 0.917. The molecule has 2 unspecified atom stereocenters. The SMILES string of the molecule is NC(=O)CC1=NC2c3ccccc3CC2O1.c1ccc2c(c1)CCC2. The molecule has 3 aliphatic rings. The number of aliphatic imine (C=N–C) groups is 1. The summed E-state index contributed by atoms with van der Waals surface area (Å²) >= 11 is 0. The van der Waals surface area contributed by atoms with Crippen molar-refractivity contribution in [1.29, 1.82) is 0 Å². The largest absolute Gasteiger partial charge is 0.474 e. The molecule has 0 bridgehead atoms. The number of amides is 1. The van der Waals surface area contributed by atoms with E-state index < -0.39 is 5.91 Å². The van der Waals surface area contributed by atoms with Gasteiger partial charge in [0.2, 0.25) is 5.91 Å². The van der Waals surface area contributed by atoms with Crippen molar-refractivity contribution in [3.05, 3.63) is 70.8 Å². The maximum Gasteiger partial charge on any atom is 0.226 e. The summed E-state index contributed by atoms with van der Waals surface area (Å²) in [5.74, 6) is 0.0870. The fraction of sp³-hybridized carbons (Fsp3) is 0.333. The molecule has 1 amide bonds. The number of hydrogen-bond donors (Lipinski definition) is 1. The number of aryl methyl sites for hydroxylation is 2. The van der Waals surface area contributed by atoms with Gasteiger partial charge in [-0.2, -0.15) is 0 Å². The van der Waals surface area contributed by atoms with Crippen molar-refractivity contribution >= 4 is 11.8 Å². The van der Waals surface area contributed by atoms with Crippen LogP contribution >= 0.6 is 0 Å². The van der Waals surface area contributed by atoms with E-state index in [9.17, 15) is 4.79 Å². The number of hydrogen-bond acceptors (Lipinski definition) is 3. The molecule has 0 saturated carbocycles. The third-order valence-electron chi connectivity index (χ3n) is 5.05. The lowest BCUT2D eigenvalue weighted by Crippen LogP contribution is -2.19. The Hall–Kier alpha value is -2.62. The highest BCUT2D eigenvalue weighted by atomic mass is 16.5. The van der Waals surface area contributed by atoms with Crippen molar-refractivity contribution in [1.82, 2.24) is 0 Å². The number of rotatable bonds is 2. The van der Waals surface area contributed by atoms with Crippen molar-refractivity contribution in [2.45, 2.75) is 44.2 Å². The number of nitrogens with zero attached hydrogens (tertiary/aromatic N) is 1. The number of primary amides is 1. The Kier molecular flexibility index (Phi) is 4.26. The van der Waals surface area contributed by atoms with Crippen LogP contribution in [0.15, 0.2) is 53.5 Å². The molecule has 1 aliphatic heterocycles. The summed E-state index contributed by atoms with van der Waals surface area (Å²) in [6.45, 7) is 0. The van der Waals surface area contributed by atoms with Gasteiger partial charge in [0.1, 0.15) is 18.6 Å². The van der Waals surface area contributed by atoms with E-state index in [2.05, 4.69) is 41.4 Å². The van der Waals surface area contributed by atoms with E-state index in [1.807, 2.05) is 12.1 Å². The summed E-state index contributed by atoms with van der Waals surface area (Å²) in [5.41, 5.74) is 10.8. The Morgan fingerprint density at radius 2 is 1.68 bits per heavy atom. The molecular formula is C21H22N2O2. The van der Waals surface area contributed by atoms with Crippen LogP contribution in [0.2, 0.25) is 0 Å². The normalized spacial score (nSPS) is 22.0. The summed E-state index contributed by atoms with van der Waals surface area (Å²) in [6, 6.07) is 17.0. The Balaban J connectivity index is 0.000000147. The summed E-state index contributed by atoms with van der Waals surface area (Å²) in [6.07, 6.45) is 5.00. The first-order valence-electron chi connectivity index (χ1n) is 8.87. The topological polar surface area (TPSA) is 64.7 Å².